The van der Waals surface area contributed by atoms with Gasteiger partial charge in [0, 0.05) is 6.07 Å². The predicted molar refractivity (Wildman–Crippen MR) is 80.5 cm³/mol. The van der Waals surface area contributed by atoms with E-state index in [9.17, 15) is 10.1 Å². The van der Waals surface area contributed by atoms with E-state index in [1.165, 1.54) is 12.1 Å². The van der Waals surface area contributed by atoms with Crippen LogP contribution >= 0.6 is 0 Å². The number of hydrogen-bond donors (Lipinski definition) is 1. The third-order valence-corrected chi connectivity index (χ3v) is 2.97. The fourth-order valence-corrected chi connectivity index (χ4v) is 1.80. The summed E-state index contributed by atoms with van der Waals surface area (Å²) < 4.78 is 5.55. The summed E-state index contributed by atoms with van der Waals surface area (Å²) in [6.45, 7) is 6.23. The van der Waals surface area contributed by atoms with Crippen molar-refractivity contribution in [2.45, 2.75) is 26.2 Å². The first-order valence-electron chi connectivity index (χ1n) is 6.46. The molecule has 1 heterocycles. The normalized spacial score (nSPS) is 11.2. The van der Waals surface area contributed by atoms with Crippen molar-refractivity contribution < 1.29 is 9.66 Å². The van der Waals surface area contributed by atoms with E-state index in [1.54, 1.807) is 6.07 Å². The van der Waals surface area contributed by atoms with Crippen LogP contribution in [-0.2, 0) is 5.41 Å². The molecule has 21 heavy (non-hydrogen) atoms. The molecular weight excluding hydrogens is 270 g/mol. The highest BCUT2D eigenvalue weighted by Gasteiger charge is 2.19. The van der Waals surface area contributed by atoms with Gasteiger partial charge in [-0.25, -0.2) is 0 Å². The van der Waals surface area contributed by atoms with Gasteiger partial charge in [-0.2, -0.15) is 4.98 Å². The number of pyridine rings is 1. The van der Waals surface area contributed by atoms with Gasteiger partial charge in [0.25, 0.3) is 0 Å². The molecule has 0 aliphatic carbocycles. The molecule has 6 heteroatoms. The van der Waals surface area contributed by atoms with Crippen molar-refractivity contribution in [2.75, 3.05) is 5.73 Å². The molecular formula is C15H17N3O3. The molecule has 2 rings (SSSR count). The summed E-state index contributed by atoms with van der Waals surface area (Å²) in [5.74, 6) is 0.553. The number of nitro groups is 1. The zero-order valence-electron chi connectivity index (χ0n) is 12.2. The van der Waals surface area contributed by atoms with Gasteiger partial charge in [-0.05, 0) is 29.2 Å². The highest BCUT2D eigenvalue weighted by atomic mass is 16.6. The summed E-state index contributed by atoms with van der Waals surface area (Å²) in [5, 5.41) is 11.0. The summed E-state index contributed by atoms with van der Waals surface area (Å²) in [6, 6.07) is 10.0. The van der Waals surface area contributed by atoms with Crippen LogP contribution in [0, 0.1) is 10.1 Å². The minimum Gasteiger partial charge on any atom is -0.434 e. The number of nitrogen functional groups attached to an aromatic ring is 1. The van der Waals surface area contributed by atoms with Gasteiger partial charge in [0.05, 0.1) is 4.92 Å². The van der Waals surface area contributed by atoms with Crippen molar-refractivity contribution >= 4 is 11.5 Å². The van der Waals surface area contributed by atoms with Gasteiger partial charge >= 0.3 is 11.6 Å². The quantitative estimate of drug-likeness (QED) is 0.687. The van der Waals surface area contributed by atoms with E-state index in [0.717, 1.165) is 5.56 Å². The van der Waals surface area contributed by atoms with E-state index in [1.807, 2.05) is 18.2 Å². The molecule has 0 aliphatic heterocycles. The van der Waals surface area contributed by atoms with E-state index in [-0.39, 0.29) is 22.8 Å². The van der Waals surface area contributed by atoms with Crippen molar-refractivity contribution in [3.63, 3.8) is 0 Å². The molecule has 0 unspecified atom stereocenters. The molecule has 0 aliphatic rings. The fraction of sp³-hybridized carbons (Fsp3) is 0.267. The van der Waals surface area contributed by atoms with Crippen molar-refractivity contribution in [1.29, 1.82) is 0 Å². The lowest BCUT2D eigenvalue weighted by Gasteiger charge is -2.19. The second-order valence-corrected chi connectivity index (χ2v) is 5.70. The van der Waals surface area contributed by atoms with Gasteiger partial charge in [0.15, 0.2) is 0 Å². The molecule has 0 saturated heterocycles. The van der Waals surface area contributed by atoms with E-state index in [0.29, 0.717) is 5.75 Å². The Kier molecular flexibility index (Phi) is 3.80. The van der Waals surface area contributed by atoms with Crippen LogP contribution in [0.15, 0.2) is 36.4 Å². The zero-order valence-corrected chi connectivity index (χ0v) is 12.2. The van der Waals surface area contributed by atoms with Crippen LogP contribution in [0.3, 0.4) is 0 Å². The number of anilines is 1. The van der Waals surface area contributed by atoms with Crippen LogP contribution in [-0.4, -0.2) is 9.91 Å². The largest absolute Gasteiger partial charge is 0.434 e. The van der Waals surface area contributed by atoms with Gasteiger partial charge < -0.3 is 10.5 Å². The van der Waals surface area contributed by atoms with E-state index in [2.05, 4.69) is 25.8 Å². The van der Waals surface area contributed by atoms with Crippen LogP contribution in [0.25, 0.3) is 0 Å². The maximum atomic E-state index is 11.0. The van der Waals surface area contributed by atoms with Crippen molar-refractivity contribution in [3.8, 4) is 11.6 Å². The second-order valence-electron chi connectivity index (χ2n) is 5.70. The Balaban J connectivity index is 2.39. The Morgan fingerprint density at radius 2 is 1.95 bits per heavy atom. The smallest absolute Gasteiger partial charge is 0.331 e. The first kappa shape index (κ1) is 14.8. The van der Waals surface area contributed by atoms with Gasteiger partial charge in [-0.15, -0.1) is 0 Å². The number of rotatable bonds is 3. The van der Waals surface area contributed by atoms with E-state index < -0.39 is 4.92 Å². The number of nitrogens with zero attached hydrogens (tertiary/aromatic N) is 2. The molecule has 1 aromatic heterocycles. The molecule has 0 atom stereocenters. The van der Waals surface area contributed by atoms with Gasteiger partial charge in [-0.1, -0.05) is 32.9 Å². The molecule has 1 aromatic carbocycles. The minimum absolute atomic E-state index is 0.0472. The number of hydrogen-bond acceptors (Lipinski definition) is 5. The molecule has 2 aromatic rings. The summed E-state index contributed by atoms with van der Waals surface area (Å²) >= 11 is 0. The monoisotopic (exact) mass is 287 g/mol. The summed E-state index contributed by atoms with van der Waals surface area (Å²) in [7, 11) is 0. The number of benzene rings is 1. The average Bonchev–Trinajstić information content (AvgIpc) is 2.37. The number of nitrogens with two attached hydrogens (primary N) is 1. The highest BCUT2D eigenvalue weighted by Crippen LogP contribution is 2.32. The molecule has 0 saturated carbocycles. The van der Waals surface area contributed by atoms with Gasteiger partial charge in [0.1, 0.15) is 11.6 Å². The van der Waals surface area contributed by atoms with Crippen LogP contribution in [0.5, 0.6) is 11.6 Å². The Hall–Kier alpha value is -2.63. The Bertz CT molecular complexity index is 678. The molecule has 0 bridgehead atoms. The van der Waals surface area contributed by atoms with Gasteiger partial charge in [0.2, 0.25) is 0 Å². The van der Waals surface area contributed by atoms with Crippen LogP contribution < -0.4 is 10.5 Å². The van der Waals surface area contributed by atoms with Crippen molar-refractivity contribution in [1.82, 2.24) is 4.98 Å². The lowest BCUT2D eigenvalue weighted by atomic mass is 9.87. The molecule has 2 N–H and O–H groups in total. The van der Waals surface area contributed by atoms with Crippen molar-refractivity contribution in [3.05, 3.63) is 52.1 Å². The Labute approximate surface area is 122 Å². The first-order valence-corrected chi connectivity index (χ1v) is 6.46. The minimum atomic E-state index is -0.546. The number of aromatic nitrogens is 1. The predicted octanol–water partition coefficient (Wildman–Crippen LogP) is 3.66. The lowest BCUT2D eigenvalue weighted by molar-refractivity contribution is -0.386. The lowest BCUT2D eigenvalue weighted by Crippen LogP contribution is -2.10. The van der Waals surface area contributed by atoms with Crippen LogP contribution in [0.4, 0.5) is 11.5 Å². The molecule has 0 radical (unpaired) electrons. The second kappa shape index (κ2) is 5.40. The molecule has 0 fully saturated rings. The molecule has 110 valence electrons. The Morgan fingerprint density at radius 3 is 2.57 bits per heavy atom. The molecule has 6 nitrogen and oxygen atoms in total. The summed E-state index contributed by atoms with van der Waals surface area (Å²) in [5.41, 5.74) is 6.36. The van der Waals surface area contributed by atoms with Crippen LogP contribution in [0.1, 0.15) is 26.3 Å². The zero-order chi connectivity index (χ0) is 15.6. The van der Waals surface area contributed by atoms with Gasteiger partial charge in [-0.3, -0.25) is 10.1 Å². The van der Waals surface area contributed by atoms with Crippen LogP contribution in [0.2, 0.25) is 0 Å². The number of ether oxygens (including phenoxy) is 1. The summed E-state index contributed by atoms with van der Waals surface area (Å²) in [4.78, 5) is 14.3. The third-order valence-electron chi connectivity index (χ3n) is 2.97. The van der Waals surface area contributed by atoms with E-state index in [4.69, 9.17) is 10.5 Å². The molecule has 0 amide bonds. The van der Waals surface area contributed by atoms with E-state index >= 15 is 0 Å². The molecule has 0 spiro atoms. The average molecular weight is 287 g/mol. The Morgan fingerprint density at radius 1 is 1.24 bits per heavy atom. The first-order chi connectivity index (χ1) is 9.77. The van der Waals surface area contributed by atoms with Crippen molar-refractivity contribution in [2.24, 2.45) is 0 Å². The SMILES string of the molecule is CC(C)(C)c1cccc(Oc2nc(N)ccc2[N+](=O)[O-])c1. The standard InChI is InChI=1S/C15H17N3O3/c1-15(2,3)10-5-4-6-11(9-10)21-14-12(18(19)20)7-8-13(16)17-14/h4-9H,1-3H3,(H2,16,17). The summed E-state index contributed by atoms with van der Waals surface area (Å²) in [6.07, 6.45) is 0. The maximum absolute atomic E-state index is 11.0. The highest BCUT2D eigenvalue weighted by molar-refractivity contribution is 5.49. The fourth-order valence-electron chi connectivity index (χ4n) is 1.80. The maximum Gasteiger partial charge on any atom is 0.331 e. The third kappa shape index (κ3) is 3.47. The topological polar surface area (TPSA) is 91.3 Å².